The average Bonchev–Trinajstić information content (AvgIpc) is 2.54. The van der Waals surface area contributed by atoms with Gasteiger partial charge in [0.2, 0.25) is 0 Å². The van der Waals surface area contributed by atoms with Crippen LogP contribution in [-0.2, 0) is 0 Å². The zero-order valence-electron chi connectivity index (χ0n) is 12.0. The lowest BCUT2D eigenvalue weighted by Crippen LogP contribution is -1.97. The molecule has 0 bridgehead atoms. The van der Waals surface area contributed by atoms with E-state index in [-0.39, 0.29) is 0 Å². The Balaban J connectivity index is 1.97. The lowest BCUT2D eigenvalue weighted by Gasteiger charge is -2.12. The molecule has 0 saturated carbocycles. The molecule has 1 aromatic heterocycles. The minimum Gasteiger partial charge on any atom is -0.497 e. The molecule has 3 aromatic rings. The smallest absolute Gasteiger partial charge is 0.142 e. The number of rotatable bonds is 4. The van der Waals surface area contributed by atoms with Crippen LogP contribution in [0, 0.1) is 0 Å². The maximum absolute atomic E-state index is 5.36. The maximum Gasteiger partial charge on any atom is 0.142 e. The normalized spacial score (nSPS) is 10.4. The number of methoxy groups -OCH3 is 2. The molecule has 0 aliphatic carbocycles. The molecule has 1 heterocycles. The summed E-state index contributed by atoms with van der Waals surface area (Å²) in [5.41, 5.74) is 1.77. The van der Waals surface area contributed by atoms with Crippen molar-refractivity contribution in [2.45, 2.75) is 0 Å². The van der Waals surface area contributed by atoms with Crippen molar-refractivity contribution in [3.63, 3.8) is 0 Å². The topological polar surface area (TPSA) is 43.4 Å². The fraction of sp³-hybridized carbons (Fsp3) is 0.118. The Morgan fingerprint density at radius 2 is 1.76 bits per heavy atom. The van der Waals surface area contributed by atoms with Gasteiger partial charge in [0.15, 0.2) is 0 Å². The fourth-order valence-electron chi connectivity index (χ4n) is 2.19. The average molecular weight is 280 g/mol. The van der Waals surface area contributed by atoms with Crippen LogP contribution in [0.2, 0.25) is 0 Å². The van der Waals surface area contributed by atoms with Gasteiger partial charge in [-0.1, -0.05) is 18.2 Å². The molecule has 106 valence electrons. The van der Waals surface area contributed by atoms with Gasteiger partial charge in [-0.3, -0.25) is 0 Å². The molecular weight excluding hydrogens is 264 g/mol. The number of anilines is 2. The van der Waals surface area contributed by atoms with Crippen LogP contribution >= 0.6 is 0 Å². The molecule has 0 amide bonds. The van der Waals surface area contributed by atoms with Gasteiger partial charge in [-0.2, -0.15) is 0 Å². The van der Waals surface area contributed by atoms with Crippen molar-refractivity contribution in [3.05, 3.63) is 54.6 Å². The predicted molar refractivity (Wildman–Crippen MR) is 84.6 cm³/mol. The number of nitrogens with one attached hydrogen (secondary N) is 1. The van der Waals surface area contributed by atoms with Gasteiger partial charge in [0, 0.05) is 11.5 Å². The number of hydrogen-bond acceptors (Lipinski definition) is 4. The molecule has 4 heteroatoms. The third-order valence-electron chi connectivity index (χ3n) is 3.27. The zero-order chi connectivity index (χ0) is 14.7. The molecule has 0 aliphatic rings. The molecule has 3 rings (SSSR count). The van der Waals surface area contributed by atoms with Crippen molar-refractivity contribution in [3.8, 4) is 11.5 Å². The van der Waals surface area contributed by atoms with Gasteiger partial charge >= 0.3 is 0 Å². The predicted octanol–water partition coefficient (Wildman–Crippen LogP) is 4.00. The molecule has 4 nitrogen and oxygen atoms in total. The molecular formula is C17H16N2O2. The summed E-state index contributed by atoms with van der Waals surface area (Å²) in [5, 5.41) is 4.39. The standard InChI is InChI=1S/C17H16N2O2/c1-20-13-8-9-16(21-2)15(11-13)19-17-10-7-12-5-3-4-6-14(12)18-17/h3-11H,1-2H3,(H,18,19). The lowest BCUT2D eigenvalue weighted by atomic mass is 10.2. The summed E-state index contributed by atoms with van der Waals surface area (Å²) in [6.07, 6.45) is 0. The number of fused-ring (bicyclic) bond motifs is 1. The molecule has 0 fully saturated rings. The highest BCUT2D eigenvalue weighted by Gasteiger charge is 2.06. The van der Waals surface area contributed by atoms with Crippen molar-refractivity contribution in [1.29, 1.82) is 0 Å². The Bertz CT molecular complexity index is 772. The summed E-state index contributed by atoms with van der Waals surface area (Å²) in [6.45, 7) is 0. The van der Waals surface area contributed by atoms with Gasteiger partial charge in [-0.05, 0) is 30.3 Å². The van der Waals surface area contributed by atoms with Crippen LogP contribution in [0.25, 0.3) is 10.9 Å². The number of nitrogens with zero attached hydrogens (tertiary/aromatic N) is 1. The molecule has 1 N–H and O–H groups in total. The van der Waals surface area contributed by atoms with Crippen LogP contribution in [-0.4, -0.2) is 19.2 Å². The highest BCUT2D eigenvalue weighted by atomic mass is 16.5. The molecule has 0 spiro atoms. The van der Waals surface area contributed by atoms with E-state index in [1.54, 1.807) is 14.2 Å². The summed E-state index contributed by atoms with van der Waals surface area (Å²) in [6, 6.07) is 17.6. The summed E-state index contributed by atoms with van der Waals surface area (Å²) >= 11 is 0. The number of aromatic nitrogens is 1. The Morgan fingerprint density at radius 3 is 2.57 bits per heavy atom. The second-order valence-electron chi connectivity index (χ2n) is 4.58. The molecule has 0 unspecified atom stereocenters. The van der Waals surface area contributed by atoms with E-state index in [9.17, 15) is 0 Å². The first-order chi connectivity index (χ1) is 10.3. The van der Waals surface area contributed by atoms with Gasteiger partial charge in [0.25, 0.3) is 0 Å². The van der Waals surface area contributed by atoms with E-state index in [0.717, 1.165) is 33.9 Å². The second kappa shape index (κ2) is 5.71. The number of ether oxygens (including phenoxy) is 2. The van der Waals surface area contributed by atoms with Crippen molar-refractivity contribution in [1.82, 2.24) is 4.98 Å². The number of benzene rings is 2. The lowest BCUT2D eigenvalue weighted by molar-refractivity contribution is 0.405. The summed E-state index contributed by atoms with van der Waals surface area (Å²) in [5.74, 6) is 2.27. The molecule has 2 aromatic carbocycles. The summed E-state index contributed by atoms with van der Waals surface area (Å²) in [7, 11) is 3.28. The van der Waals surface area contributed by atoms with E-state index in [0.29, 0.717) is 0 Å². The minimum absolute atomic E-state index is 0.741. The number of pyridine rings is 1. The van der Waals surface area contributed by atoms with Crippen molar-refractivity contribution in [2.75, 3.05) is 19.5 Å². The van der Waals surface area contributed by atoms with Crippen LogP contribution in [0.5, 0.6) is 11.5 Å². The van der Waals surface area contributed by atoms with Crippen LogP contribution in [0.1, 0.15) is 0 Å². The third kappa shape index (κ3) is 2.74. The van der Waals surface area contributed by atoms with E-state index in [4.69, 9.17) is 9.47 Å². The highest BCUT2D eigenvalue weighted by molar-refractivity contribution is 5.81. The Labute approximate surface area is 123 Å². The maximum atomic E-state index is 5.36. The summed E-state index contributed by atoms with van der Waals surface area (Å²) in [4.78, 5) is 4.59. The minimum atomic E-state index is 0.741. The van der Waals surface area contributed by atoms with Crippen LogP contribution in [0.4, 0.5) is 11.5 Å². The SMILES string of the molecule is COc1ccc(OC)c(Nc2ccc3ccccc3n2)c1. The number of para-hydroxylation sites is 1. The molecule has 21 heavy (non-hydrogen) atoms. The van der Waals surface area contributed by atoms with E-state index in [1.807, 2.05) is 54.6 Å². The Kier molecular flexibility index (Phi) is 3.60. The molecule has 0 atom stereocenters. The fourth-order valence-corrected chi connectivity index (χ4v) is 2.19. The van der Waals surface area contributed by atoms with Gasteiger partial charge in [-0.25, -0.2) is 4.98 Å². The van der Waals surface area contributed by atoms with Crippen molar-refractivity contribution < 1.29 is 9.47 Å². The van der Waals surface area contributed by atoms with Gasteiger partial charge in [0.05, 0.1) is 25.4 Å². The summed E-state index contributed by atoms with van der Waals surface area (Å²) < 4.78 is 10.6. The molecule has 0 saturated heterocycles. The van der Waals surface area contributed by atoms with E-state index in [1.165, 1.54) is 0 Å². The van der Waals surface area contributed by atoms with Crippen LogP contribution in [0.15, 0.2) is 54.6 Å². The first-order valence-corrected chi connectivity index (χ1v) is 6.65. The van der Waals surface area contributed by atoms with Crippen molar-refractivity contribution >= 4 is 22.4 Å². The van der Waals surface area contributed by atoms with E-state index >= 15 is 0 Å². The second-order valence-corrected chi connectivity index (χ2v) is 4.58. The van der Waals surface area contributed by atoms with Gasteiger partial charge < -0.3 is 14.8 Å². The van der Waals surface area contributed by atoms with Gasteiger partial charge in [-0.15, -0.1) is 0 Å². The van der Waals surface area contributed by atoms with Crippen molar-refractivity contribution in [2.24, 2.45) is 0 Å². The van der Waals surface area contributed by atoms with Crippen LogP contribution in [0.3, 0.4) is 0 Å². The molecule has 0 aliphatic heterocycles. The Morgan fingerprint density at radius 1 is 0.905 bits per heavy atom. The molecule has 0 radical (unpaired) electrons. The monoisotopic (exact) mass is 280 g/mol. The largest absolute Gasteiger partial charge is 0.497 e. The zero-order valence-corrected chi connectivity index (χ0v) is 12.0. The number of hydrogen-bond donors (Lipinski definition) is 1. The first kappa shape index (κ1) is 13.2. The van der Waals surface area contributed by atoms with E-state index < -0.39 is 0 Å². The quantitative estimate of drug-likeness (QED) is 0.784. The van der Waals surface area contributed by atoms with Crippen LogP contribution < -0.4 is 14.8 Å². The third-order valence-corrected chi connectivity index (χ3v) is 3.27. The Hall–Kier alpha value is -2.75. The van der Waals surface area contributed by atoms with E-state index in [2.05, 4.69) is 10.3 Å². The first-order valence-electron chi connectivity index (χ1n) is 6.65. The van der Waals surface area contributed by atoms with Gasteiger partial charge in [0.1, 0.15) is 17.3 Å². The highest BCUT2D eigenvalue weighted by Crippen LogP contribution is 2.31.